The van der Waals surface area contributed by atoms with E-state index in [0.717, 1.165) is 0 Å². The van der Waals surface area contributed by atoms with Crippen molar-refractivity contribution in [2.45, 2.75) is 37.6 Å². The largest absolute Gasteiger partial charge is 0.382 e. The lowest BCUT2D eigenvalue weighted by Gasteiger charge is -2.33. The third kappa shape index (κ3) is 3.35. The molecule has 1 aliphatic carbocycles. The van der Waals surface area contributed by atoms with Crippen LogP contribution in [0.4, 0.5) is 5.69 Å². The molecule has 0 amide bonds. The lowest BCUT2D eigenvalue weighted by atomic mass is 9.80. The van der Waals surface area contributed by atoms with Gasteiger partial charge in [0.1, 0.15) is 0 Å². The van der Waals surface area contributed by atoms with Gasteiger partial charge in [-0.3, -0.25) is 0 Å². The maximum atomic E-state index is 3.75. The van der Waals surface area contributed by atoms with E-state index in [0.29, 0.717) is 12.0 Å². The monoisotopic (exact) mass is 377 g/mol. The summed E-state index contributed by atoms with van der Waals surface area (Å²) in [4.78, 5) is 0. The van der Waals surface area contributed by atoms with E-state index < -0.39 is 0 Å². The van der Waals surface area contributed by atoms with E-state index in [2.05, 4.69) is 82.5 Å². The van der Waals surface area contributed by atoms with Crippen LogP contribution in [0.15, 0.2) is 54.6 Å². The van der Waals surface area contributed by atoms with Crippen LogP contribution in [-0.4, -0.2) is 6.04 Å². The second kappa shape index (κ2) is 6.61. The van der Waals surface area contributed by atoms with Crippen molar-refractivity contribution in [3.8, 4) is 0 Å². The fourth-order valence-electron chi connectivity index (χ4n) is 3.16. The second-order valence-corrected chi connectivity index (χ2v) is 6.80. The first-order valence-corrected chi connectivity index (χ1v) is 8.48. The number of rotatable bonds is 3. The molecule has 2 aromatic rings. The Hall–Kier alpha value is -1.03. The Labute approximate surface area is 134 Å². The topological polar surface area (TPSA) is 12.0 Å². The zero-order chi connectivity index (χ0) is 13.8. The average molecular weight is 377 g/mol. The molecule has 2 atom stereocenters. The van der Waals surface area contributed by atoms with Crippen LogP contribution in [0.1, 0.15) is 37.2 Å². The Morgan fingerprint density at radius 3 is 2.30 bits per heavy atom. The Bertz CT molecular complexity index is 535. The molecule has 2 heteroatoms. The standard InChI is InChI=1S/C18H20IN/c19-15-10-12-16(13-11-15)20-18-9-5-4-8-17(18)14-6-2-1-3-7-14/h1-3,6-7,10-13,17-18,20H,4-5,8-9H2. The van der Waals surface area contributed by atoms with Crippen LogP contribution < -0.4 is 5.32 Å². The quantitative estimate of drug-likeness (QED) is 0.704. The molecule has 1 saturated carbocycles. The van der Waals surface area contributed by atoms with Crippen LogP contribution in [0.25, 0.3) is 0 Å². The molecule has 20 heavy (non-hydrogen) atoms. The van der Waals surface area contributed by atoms with Crippen molar-refractivity contribution >= 4 is 28.3 Å². The van der Waals surface area contributed by atoms with Crippen LogP contribution in [0, 0.1) is 3.57 Å². The molecule has 0 bridgehead atoms. The number of anilines is 1. The van der Waals surface area contributed by atoms with Gasteiger partial charge >= 0.3 is 0 Å². The number of benzene rings is 2. The van der Waals surface area contributed by atoms with Crippen molar-refractivity contribution in [1.82, 2.24) is 0 Å². The van der Waals surface area contributed by atoms with E-state index in [1.54, 1.807) is 0 Å². The van der Waals surface area contributed by atoms with Crippen molar-refractivity contribution in [3.63, 3.8) is 0 Å². The zero-order valence-corrected chi connectivity index (χ0v) is 13.7. The Morgan fingerprint density at radius 2 is 1.55 bits per heavy atom. The minimum Gasteiger partial charge on any atom is -0.382 e. The number of nitrogens with one attached hydrogen (secondary N) is 1. The first-order valence-electron chi connectivity index (χ1n) is 7.40. The summed E-state index contributed by atoms with van der Waals surface area (Å²) in [5.41, 5.74) is 2.73. The van der Waals surface area contributed by atoms with Crippen molar-refractivity contribution in [2.75, 3.05) is 5.32 Å². The number of hydrogen-bond acceptors (Lipinski definition) is 1. The summed E-state index contributed by atoms with van der Waals surface area (Å²) in [6.45, 7) is 0. The Morgan fingerprint density at radius 1 is 0.850 bits per heavy atom. The Kier molecular flexibility index (Phi) is 4.61. The van der Waals surface area contributed by atoms with Gasteiger partial charge in [-0.05, 0) is 65.3 Å². The van der Waals surface area contributed by atoms with Gasteiger partial charge in [-0.2, -0.15) is 0 Å². The van der Waals surface area contributed by atoms with Gasteiger partial charge in [0.15, 0.2) is 0 Å². The van der Waals surface area contributed by atoms with Gasteiger partial charge in [0.2, 0.25) is 0 Å². The molecule has 0 spiro atoms. The van der Waals surface area contributed by atoms with Gasteiger partial charge in [-0.25, -0.2) is 0 Å². The van der Waals surface area contributed by atoms with Gasteiger partial charge in [-0.15, -0.1) is 0 Å². The van der Waals surface area contributed by atoms with Gasteiger partial charge in [0.05, 0.1) is 0 Å². The molecule has 1 aliphatic rings. The fourth-order valence-corrected chi connectivity index (χ4v) is 3.52. The van der Waals surface area contributed by atoms with Crippen LogP contribution >= 0.6 is 22.6 Å². The van der Waals surface area contributed by atoms with Crippen LogP contribution in [0.2, 0.25) is 0 Å². The summed E-state index contributed by atoms with van der Waals surface area (Å²) in [7, 11) is 0. The smallest absolute Gasteiger partial charge is 0.0343 e. The van der Waals surface area contributed by atoms with E-state index in [9.17, 15) is 0 Å². The predicted octanol–water partition coefficient (Wildman–Crippen LogP) is 5.43. The maximum Gasteiger partial charge on any atom is 0.0343 e. The van der Waals surface area contributed by atoms with E-state index in [1.165, 1.54) is 40.5 Å². The molecule has 0 aromatic heterocycles. The first-order chi connectivity index (χ1) is 9.83. The predicted molar refractivity (Wildman–Crippen MR) is 94.2 cm³/mol. The van der Waals surface area contributed by atoms with Crippen LogP contribution in [0.5, 0.6) is 0 Å². The van der Waals surface area contributed by atoms with Gasteiger partial charge in [-0.1, -0.05) is 43.2 Å². The summed E-state index contributed by atoms with van der Waals surface area (Å²) in [6.07, 6.45) is 5.26. The zero-order valence-electron chi connectivity index (χ0n) is 11.6. The molecule has 0 aliphatic heterocycles. The highest BCUT2D eigenvalue weighted by atomic mass is 127. The summed E-state index contributed by atoms with van der Waals surface area (Å²) < 4.78 is 1.29. The first kappa shape index (κ1) is 13.9. The lowest BCUT2D eigenvalue weighted by Crippen LogP contribution is -2.30. The van der Waals surface area contributed by atoms with Crippen molar-refractivity contribution in [3.05, 3.63) is 63.7 Å². The minimum atomic E-state index is 0.561. The molecule has 2 aromatic carbocycles. The third-order valence-electron chi connectivity index (χ3n) is 4.19. The van der Waals surface area contributed by atoms with E-state index in [1.807, 2.05) is 0 Å². The molecular weight excluding hydrogens is 357 g/mol. The molecule has 3 rings (SSSR count). The molecule has 1 fully saturated rings. The van der Waals surface area contributed by atoms with Gasteiger partial charge in [0, 0.05) is 21.2 Å². The van der Waals surface area contributed by atoms with Crippen molar-refractivity contribution < 1.29 is 0 Å². The highest BCUT2D eigenvalue weighted by Gasteiger charge is 2.26. The molecule has 1 nitrogen and oxygen atoms in total. The highest BCUT2D eigenvalue weighted by molar-refractivity contribution is 14.1. The third-order valence-corrected chi connectivity index (χ3v) is 4.91. The number of halogens is 1. The second-order valence-electron chi connectivity index (χ2n) is 5.56. The molecule has 0 saturated heterocycles. The molecular formula is C18H20IN. The molecule has 1 N–H and O–H groups in total. The average Bonchev–Trinajstić information content (AvgIpc) is 2.51. The lowest BCUT2D eigenvalue weighted by molar-refractivity contribution is 0.405. The maximum absolute atomic E-state index is 3.75. The summed E-state index contributed by atoms with van der Waals surface area (Å²) in [5, 5.41) is 3.75. The fraction of sp³-hybridized carbons (Fsp3) is 0.333. The van der Waals surface area contributed by atoms with Crippen LogP contribution in [0.3, 0.4) is 0 Å². The van der Waals surface area contributed by atoms with Crippen LogP contribution in [-0.2, 0) is 0 Å². The summed E-state index contributed by atoms with van der Waals surface area (Å²) >= 11 is 2.35. The molecule has 2 unspecified atom stereocenters. The minimum absolute atomic E-state index is 0.561. The normalized spacial score (nSPS) is 22.4. The summed E-state index contributed by atoms with van der Waals surface area (Å²) in [6, 6.07) is 20.3. The summed E-state index contributed by atoms with van der Waals surface area (Å²) in [5.74, 6) is 0.643. The molecule has 0 heterocycles. The van der Waals surface area contributed by atoms with Crippen molar-refractivity contribution in [1.29, 1.82) is 0 Å². The number of hydrogen-bond donors (Lipinski definition) is 1. The van der Waals surface area contributed by atoms with Gasteiger partial charge in [0.25, 0.3) is 0 Å². The molecule has 104 valence electrons. The Balaban J connectivity index is 1.77. The van der Waals surface area contributed by atoms with E-state index in [4.69, 9.17) is 0 Å². The van der Waals surface area contributed by atoms with E-state index >= 15 is 0 Å². The van der Waals surface area contributed by atoms with Gasteiger partial charge < -0.3 is 5.32 Å². The SMILES string of the molecule is Ic1ccc(NC2CCCCC2c2ccccc2)cc1. The van der Waals surface area contributed by atoms with Crippen molar-refractivity contribution in [2.24, 2.45) is 0 Å². The van der Waals surface area contributed by atoms with E-state index in [-0.39, 0.29) is 0 Å². The molecule has 0 radical (unpaired) electrons. The highest BCUT2D eigenvalue weighted by Crippen LogP contribution is 2.34.